The number of nitrogens with zero attached hydrogens (tertiary/aromatic N) is 3. The number of rotatable bonds is 8. The molecule has 0 fully saturated rings. The van der Waals surface area contributed by atoms with Gasteiger partial charge < -0.3 is 14.8 Å². The van der Waals surface area contributed by atoms with Gasteiger partial charge in [0.2, 0.25) is 5.91 Å². The molecule has 3 aromatic rings. The average molecular weight is 378 g/mol. The van der Waals surface area contributed by atoms with E-state index in [0.717, 1.165) is 16.7 Å². The highest BCUT2D eigenvalue weighted by molar-refractivity contribution is 5.91. The summed E-state index contributed by atoms with van der Waals surface area (Å²) < 4.78 is 12.2. The molecule has 1 N–H and O–H groups in total. The zero-order valence-electron chi connectivity index (χ0n) is 15.8. The molecule has 0 bridgehead atoms. The summed E-state index contributed by atoms with van der Waals surface area (Å²) in [6, 6.07) is 13.4. The lowest BCUT2D eigenvalue weighted by molar-refractivity contribution is -0.116. The van der Waals surface area contributed by atoms with Gasteiger partial charge >= 0.3 is 0 Å². The van der Waals surface area contributed by atoms with E-state index in [9.17, 15) is 4.79 Å². The highest BCUT2D eigenvalue weighted by atomic mass is 16.5. The van der Waals surface area contributed by atoms with Crippen molar-refractivity contribution in [3.05, 3.63) is 77.9 Å². The van der Waals surface area contributed by atoms with Crippen LogP contribution in [-0.2, 0) is 17.9 Å². The second-order valence-electron chi connectivity index (χ2n) is 6.11. The fourth-order valence-corrected chi connectivity index (χ4v) is 2.69. The fourth-order valence-electron chi connectivity index (χ4n) is 2.69. The van der Waals surface area contributed by atoms with Crippen molar-refractivity contribution >= 4 is 12.0 Å². The van der Waals surface area contributed by atoms with Crippen molar-refractivity contribution in [1.82, 2.24) is 20.1 Å². The molecule has 0 spiro atoms. The predicted molar refractivity (Wildman–Crippen MR) is 106 cm³/mol. The fraction of sp³-hybridized carbons (Fsp3) is 0.190. The minimum atomic E-state index is -0.177. The quantitative estimate of drug-likeness (QED) is 0.610. The second kappa shape index (κ2) is 9.36. The topological polar surface area (TPSA) is 78.3 Å². The van der Waals surface area contributed by atoms with Crippen LogP contribution in [-0.4, -0.2) is 34.9 Å². The van der Waals surface area contributed by atoms with Crippen LogP contribution in [0.5, 0.6) is 11.5 Å². The maximum Gasteiger partial charge on any atom is 0.244 e. The smallest absolute Gasteiger partial charge is 0.244 e. The van der Waals surface area contributed by atoms with Gasteiger partial charge in [0.05, 0.1) is 20.8 Å². The van der Waals surface area contributed by atoms with Crippen LogP contribution in [0.2, 0.25) is 0 Å². The highest BCUT2D eigenvalue weighted by Gasteiger charge is 2.02. The normalized spacial score (nSPS) is 10.8. The SMILES string of the molecule is COc1cc(/C=C/C(=O)NCc2cccc(Cn3cncn3)c2)cc(OC)c1. The number of aromatic nitrogens is 3. The number of benzene rings is 2. The third-order valence-electron chi connectivity index (χ3n) is 4.07. The largest absolute Gasteiger partial charge is 0.497 e. The molecule has 144 valence electrons. The molecule has 0 aliphatic heterocycles. The second-order valence-corrected chi connectivity index (χ2v) is 6.11. The molecule has 0 aliphatic carbocycles. The van der Waals surface area contributed by atoms with Gasteiger partial charge in [0.25, 0.3) is 0 Å². The van der Waals surface area contributed by atoms with Crippen LogP contribution in [0.3, 0.4) is 0 Å². The molecule has 0 aliphatic rings. The molecule has 0 saturated carbocycles. The van der Waals surface area contributed by atoms with Crippen molar-refractivity contribution in [2.24, 2.45) is 0 Å². The minimum Gasteiger partial charge on any atom is -0.497 e. The molecule has 1 aromatic heterocycles. The van der Waals surface area contributed by atoms with E-state index in [1.54, 1.807) is 37.4 Å². The standard InChI is InChI=1S/C21H22N4O3/c1-27-19-9-16(10-20(11-19)28-2)6-7-21(26)23-12-17-4-3-5-18(8-17)13-25-15-22-14-24-25/h3-11,14-15H,12-13H2,1-2H3,(H,23,26)/b7-6+. The van der Waals surface area contributed by atoms with Crippen LogP contribution in [0, 0.1) is 0 Å². The number of carbonyl (C=O) groups excluding carboxylic acids is 1. The number of amides is 1. The summed E-state index contributed by atoms with van der Waals surface area (Å²) in [4.78, 5) is 16.1. The Bertz CT molecular complexity index is 930. The zero-order valence-corrected chi connectivity index (χ0v) is 15.8. The summed E-state index contributed by atoms with van der Waals surface area (Å²) in [6.07, 6.45) is 6.40. The van der Waals surface area contributed by atoms with E-state index in [4.69, 9.17) is 9.47 Å². The zero-order chi connectivity index (χ0) is 19.8. The van der Waals surface area contributed by atoms with Gasteiger partial charge in [-0.3, -0.25) is 4.79 Å². The summed E-state index contributed by atoms with van der Waals surface area (Å²) in [7, 11) is 3.18. The van der Waals surface area contributed by atoms with Crippen molar-refractivity contribution in [3.63, 3.8) is 0 Å². The maximum absolute atomic E-state index is 12.2. The molecular weight excluding hydrogens is 356 g/mol. The van der Waals surface area contributed by atoms with E-state index < -0.39 is 0 Å². The van der Waals surface area contributed by atoms with E-state index >= 15 is 0 Å². The Labute approximate surface area is 163 Å². The molecule has 7 nitrogen and oxygen atoms in total. The van der Waals surface area contributed by atoms with E-state index in [1.165, 1.54) is 12.4 Å². The lowest BCUT2D eigenvalue weighted by atomic mass is 10.1. The summed E-state index contributed by atoms with van der Waals surface area (Å²) >= 11 is 0. The summed E-state index contributed by atoms with van der Waals surface area (Å²) in [6.45, 7) is 1.08. The van der Waals surface area contributed by atoms with Crippen molar-refractivity contribution in [1.29, 1.82) is 0 Å². The number of methoxy groups -OCH3 is 2. The van der Waals surface area contributed by atoms with E-state index in [-0.39, 0.29) is 5.91 Å². The first kappa shape index (κ1) is 19.2. The lowest BCUT2D eigenvalue weighted by Gasteiger charge is -2.07. The van der Waals surface area contributed by atoms with Gasteiger partial charge in [-0.15, -0.1) is 0 Å². The van der Waals surface area contributed by atoms with Gasteiger partial charge in [0, 0.05) is 18.7 Å². The lowest BCUT2D eigenvalue weighted by Crippen LogP contribution is -2.20. The third-order valence-corrected chi connectivity index (χ3v) is 4.07. The highest BCUT2D eigenvalue weighted by Crippen LogP contribution is 2.23. The van der Waals surface area contributed by atoms with Crippen molar-refractivity contribution in [2.75, 3.05) is 14.2 Å². The van der Waals surface area contributed by atoms with Crippen LogP contribution in [0.15, 0.2) is 61.2 Å². The van der Waals surface area contributed by atoms with Gasteiger partial charge in [-0.05, 0) is 34.9 Å². The summed E-state index contributed by atoms with van der Waals surface area (Å²) in [5.74, 6) is 1.16. The van der Waals surface area contributed by atoms with Crippen molar-refractivity contribution < 1.29 is 14.3 Å². The number of hydrogen-bond acceptors (Lipinski definition) is 5. The number of ether oxygens (including phenoxy) is 2. The molecule has 0 radical (unpaired) electrons. The third kappa shape index (κ3) is 5.44. The Morgan fingerprint density at radius 2 is 1.86 bits per heavy atom. The van der Waals surface area contributed by atoms with Crippen LogP contribution < -0.4 is 14.8 Å². The predicted octanol–water partition coefficient (Wildman–Crippen LogP) is 2.67. The Hall–Kier alpha value is -3.61. The van der Waals surface area contributed by atoms with Crippen LogP contribution in [0.1, 0.15) is 16.7 Å². The Morgan fingerprint density at radius 3 is 2.54 bits per heavy atom. The average Bonchev–Trinajstić information content (AvgIpc) is 3.23. The van der Waals surface area contributed by atoms with Gasteiger partial charge in [-0.2, -0.15) is 5.10 Å². The number of carbonyl (C=O) groups is 1. The first-order chi connectivity index (χ1) is 13.7. The van der Waals surface area contributed by atoms with E-state index in [1.807, 2.05) is 36.4 Å². The van der Waals surface area contributed by atoms with Crippen LogP contribution >= 0.6 is 0 Å². The maximum atomic E-state index is 12.2. The molecule has 1 amide bonds. The molecule has 28 heavy (non-hydrogen) atoms. The molecule has 0 saturated heterocycles. The van der Waals surface area contributed by atoms with Gasteiger partial charge in [-0.25, -0.2) is 9.67 Å². The summed E-state index contributed by atoms with van der Waals surface area (Å²) in [5, 5.41) is 6.99. The van der Waals surface area contributed by atoms with E-state index in [2.05, 4.69) is 15.4 Å². The molecule has 3 rings (SSSR count). The van der Waals surface area contributed by atoms with Crippen molar-refractivity contribution in [3.8, 4) is 11.5 Å². The number of nitrogens with one attached hydrogen (secondary N) is 1. The molecule has 1 heterocycles. The van der Waals surface area contributed by atoms with Crippen molar-refractivity contribution in [2.45, 2.75) is 13.1 Å². The van der Waals surface area contributed by atoms with Crippen LogP contribution in [0.4, 0.5) is 0 Å². The molecule has 0 unspecified atom stereocenters. The van der Waals surface area contributed by atoms with Gasteiger partial charge in [0.1, 0.15) is 24.2 Å². The Kier molecular flexibility index (Phi) is 6.41. The molecule has 0 atom stereocenters. The Balaban J connectivity index is 1.58. The monoisotopic (exact) mass is 378 g/mol. The minimum absolute atomic E-state index is 0.177. The van der Waals surface area contributed by atoms with Crippen LogP contribution in [0.25, 0.3) is 6.08 Å². The molecular formula is C21H22N4O3. The van der Waals surface area contributed by atoms with Gasteiger partial charge in [0.15, 0.2) is 0 Å². The number of hydrogen-bond donors (Lipinski definition) is 1. The summed E-state index contributed by atoms with van der Waals surface area (Å²) in [5.41, 5.74) is 2.93. The first-order valence-corrected chi connectivity index (χ1v) is 8.75. The molecule has 2 aromatic carbocycles. The molecule has 7 heteroatoms. The first-order valence-electron chi connectivity index (χ1n) is 8.75. The van der Waals surface area contributed by atoms with Gasteiger partial charge in [-0.1, -0.05) is 24.3 Å². The Morgan fingerprint density at radius 1 is 1.11 bits per heavy atom. The van der Waals surface area contributed by atoms with E-state index in [0.29, 0.717) is 24.6 Å².